The van der Waals surface area contributed by atoms with Gasteiger partial charge in [0.1, 0.15) is 17.6 Å². The van der Waals surface area contributed by atoms with Crippen molar-refractivity contribution in [2.45, 2.75) is 100 Å². The van der Waals surface area contributed by atoms with E-state index in [1.54, 1.807) is 16.9 Å². The summed E-state index contributed by atoms with van der Waals surface area (Å²) in [7, 11) is -2.26. The van der Waals surface area contributed by atoms with E-state index in [0.29, 0.717) is 67.9 Å². The highest BCUT2D eigenvalue weighted by atomic mass is 32.2. The van der Waals surface area contributed by atoms with Gasteiger partial charge in [-0.1, -0.05) is 55.3 Å². The summed E-state index contributed by atoms with van der Waals surface area (Å²) >= 11 is 0. The summed E-state index contributed by atoms with van der Waals surface area (Å²) in [4.78, 5) is 65.3. The van der Waals surface area contributed by atoms with Crippen LogP contribution in [0, 0.1) is 17.3 Å². The summed E-state index contributed by atoms with van der Waals surface area (Å²) < 4.78 is 40.5. The fourth-order valence-corrected chi connectivity index (χ4v) is 10.4. The molecular formula is C44H53N5O8S. The zero-order valence-corrected chi connectivity index (χ0v) is 33.8. The summed E-state index contributed by atoms with van der Waals surface area (Å²) in [5, 5.41) is 0.137. The van der Waals surface area contributed by atoms with Gasteiger partial charge in [-0.25, -0.2) is 13.4 Å². The first kappa shape index (κ1) is 40.0. The van der Waals surface area contributed by atoms with Crippen molar-refractivity contribution in [3.63, 3.8) is 0 Å². The number of fused-ring (bicyclic) bond motifs is 3. The molecule has 2 aromatic carbocycles. The molecule has 0 spiro atoms. The van der Waals surface area contributed by atoms with Crippen LogP contribution in [0.1, 0.15) is 77.0 Å². The van der Waals surface area contributed by atoms with Gasteiger partial charge in [-0.05, 0) is 63.0 Å². The zero-order chi connectivity index (χ0) is 40.6. The lowest BCUT2D eigenvalue weighted by atomic mass is 9.90. The molecular weight excluding hydrogens is 759 g/mol. The minimum Gasteiger partial charge on any atom is -0.497 e. The molecule has 14 heteroatoms. The van der Waals surface area contributed by atoms with Crippen molar-refractivity contribution in [2.24, 2.45) is 23.0 Å². The van der Waals surface area contributed by atoms with Crippen molar-refractivity contribution in [3.8, 4) is 22.8 Å². The minimum absolute atomic E-state index is 0.0130. The zero-order valence-electron chi connectivity index (χ0n) is 33.0. The normalized spacial score (nSPS) is 28.6. The monoisotopic (exact) mass is 811 g/mol. The van der Waals surface area contributed by atoms with Gasteiger partial charge in [0.2, 0.25) is 27.7 Å². The third-order valence-electron chi connectivity index (χ3n) is 12.7. The fourth-order valence-electron chi connectivity index (χ4n) is 9.01. The Morgan fingerprint density at radius 3 is 2.55 bits per heavy atom. The van der Waals surface area contributed by atoms with Crippen LogP contribution in [0.5, 0.6) is 11.5 Å². The Kier molecular flexibility index (Phi) is 11.3. The van der Waals surface area contributed by atoms with Crippen LogP contribution in [0.25, 0.3) is 22.2 Å². The number of nitrogens with two attached hydrogens (primary N) is 1. The van der Waals surface area contributed by atoms with Crippen molar-refractivity contribution < 1.29 is 37.1 Å². The van der Waals surface area contributed by atoms with E-state index < -0.39 is 44.7 Å². The van der Waals surface area contributed by atoms with Crippen molar-refractivity contribution in [1.29, 1.82) is 0 Å². The summed E-state index contributed by atoms with van der Waals surface area (Å²) in [5.41, 5.74) is 7.11. The molecule has 2 saturated heterocycles. The van der Waals surface area contributed by atoms with E-state index in [4.69, 9.17) is 20.2 Å². The highest BCUT2D eigenvalue weighted by Crippen LogP contribution is 2.57. The van der Waals surface area contributed by atoms with Crippen LogP contribution in [0.2, 0.25) is 0 Å². The molecule has 4 fully saturated rings. The maximum atomic E-state index is 14.8. The summed E-state index contributed by atoms with van der Waals surface area (Å²) in [5.74, 6) is -1.19. The Morgan fingerprint density at radius 1 is 1.00 bits per heavy atom. The maximum absolute atomic E-state index is 14.8. The van der Waals surface area contributed by atoms with Gasteiger partial charge in [0.15, 0.2) is 5.78 Å². The molecule has 3 aromatic rings. The summed E-state index contributed by atoms with van der Waals surface area (Å²) in [6.45, 7) is 1.09. The number of Topliss-reactive ketones (excluding diaryl/α,β-unsaturated/α-hetero) is 1. The number of ether oxygens (including phenoxy) is 2. The number of amides is 3. The molecule has 0 radical (unpaired) electrons. The number of likely N-dealkylation sites (tertiary alicyclic amines) is 1. The van der Waals surface area contributed by atoms with Crippen LogP contribution in [0.3, 0.4) is 0 Å². The number of ketones is 1. The van der Waals surface area contributed by atoms with Gasteiger partial charge < -0.3 is 25.0 Å². The lowest BCUT2D eigenvalue weighted by Crippen LogP contribution is -2.47. The van der Waals surface area contributed by atoms with E-state index in [0.717, 1.165) is 36.6 Å². The highest BCUT2D eigenvalue weighted by molar-refractivity contribution is 7.90. The van der Waals surface area contributed by atoms with Gasteiger partial charge >= 0.3 is 0 Å². The third kappa shape index (κ3) is 8.49. The quantitative estimate of drug-likeness (QED) is 0.282. The largest absolute Gasteiger partial charge is 0.497 e. The first-order valence-electron chi connectivity index (χ1n) is 20.7. The molecule has 8 rings (SSSR count). The SMILES string of the molecule is COc1ccc2c(O[C@@H]3C[C@H]4C(=O)C[C@]5(C(=O)NS(=O)(=O)C6CC6)C[C@H]5/C=C\CCCCC[C@H](CC(=O)N5CC[C@@H](N)C5)C(=O)N4C3)cc(-c3ccccc3)nc2c1. The lowest BCUT2D eigenvalue weighted by molar-refractivity contribution is -0.145. The molecule has 1 aromatic heterocycles. The predicted octanol–water partition coefficient (Wildman–Crippen LogP) is 4.92. The standard InChI is InChI=1S/C44H53N5O8S/c1-56-32-14-17-35-37(21-32)46-36(28-10-7-5-8-11-28)23-40(35)57-33-22-38-39(50)25-44(43(53)47-58(54,55)34-15-16-34)24-30(44)13-9-4-2-3-6-12-29(42(52)49(38)27-33)20-41(51)48-19-18-31(45)26-48/h5,7-11,13-14,17,21,23,29-31,33-34,38H,2-4,6,12,15-16,18-20,22,24-27,45H2,1H3,(H,47,53)/b13-9-/t29-,30-,31-,33-,38+,44-/m1/s1. The Balaban J connectivity index is 1.12. The van der Waals surface area contributed by atoms with E-state index in [9.17, 15) is 27.6 Å². The Bertz CT molecular complexity index is 2210. The Morgan fingerprint density at radius 2 is 1.81 bits per heavy atom. The topological polar surface area (TPSA) is 178 Å². The molecule has 2 saturated carbocycles. The average molecular weight is 812 g/mol. The Hall–Kier alpha value is -4.82. The van der Waals surface area contributed by atoms with Crippen LogP contribution < -0.4 is 19.9 Å². The second-order valence-electron chi connectivity index (χ2n) is 16.9. The molecule has 13 nitrogen and oxygen atoms in total. The smallest absolute Gasteiger partial charge is 0.240 e. The Labute approximate surface area is 339 Å². The highest BCUT2D eigenvalue weighted by Gasteiger charge is 2.61. The number of allylic oxidation sites excluding steroid dienone is 2. The molecule has 3 aliphatic heterocycles. The second kappa shape index (κ2) is 16.4. The van der Waals surface area contributed by atoms with Gasteiger partial charge in [-0.2, -0.15) is 0 Å². The van der Waals surface area contributed by atoms with Gasteiger partial charge in [0.25, 0.3) is 0 Å². The number of carbonyl (C=O) groups is 4. The van der Waals surface area contributed by atoms with Gasteiger partial charge in [0, 0.05) is 67.4 Å². The van der Waals surface area contributed by atoms with Gasteiger partial charge in [0.05, 0.1) is 41.6 Å². The van der Waals surface area contributed by atoms with Crippen molar-refractivity contribution in [3.05, 3.63) is 66.7 Å². The summed E-state index contributed by atoms with van der Waals surface area (Å²) in [6.07, 6.45) is 9.02. The van der Waals surface area contributed by atoms with Gasteiger partial charge in [-0.15, -0.1) is 0 Å². The maximum Gasteiger partial charge on any atom is 0.240 e. The number of benzene rings is 2. The molecule has 2 aliphatic carbocycles. The van der Waals surface area contributed by atoms with Crippen molar-refractivity contribution >= 4 is 44.4 Å². The van der Waals surface area contributed by atoms with Crippen LogP contribution in [0.4, 0.5) is 0 Å². The molecule has 0 unspecified atom stereocenters. The number of aromatic nitrogens is 1. The molecule has 5 aliphatic rings. The number of sulfonamides is 1. The second-order valence-corrected chi connectivity index (χ2v) is 18.8. The van der Waals surface area contributed by atoms with Crippen LogP contribution in [-0.4, -0.2) is 96.9 Å². The molecule has 4 heterocycles. The molecule has 58 heavy (non-hydrogen) atoms. The number of hydrogen-bond donors (Lipinski definition) is 2. The molecule has 0 bridgehead atoms. The van der Waals surface area contributed by atoms with Crippen LogP contribution in [0.15, 0.2) is 66.7 Å². The first-order valence-corrected chi connectivity index (χ1v) is 22.3. The van der Waals surface area contributed by atoms with Gasteiger partial charge in [-0.3, -0.25) is 23.9 Å². The number of rotatable bonds is 9. The van der Waals surface area contributed by atoms with E-state index in [-0.39, 0.29) is 55.4 Å². The van der Waals surface area contributed by atoms with Crippen molar-refractivity contribution in [2.75, 3.05) is 26.7 Å². The number of carbonyl (C=O) groups excluding carboxylic acids is 4. The lowest BCUT2D eigenvalue weighted by Gasteiger charge is -2.29. The van der Waals surface area contributed by atoms with Crippen LogP contribution >= 0.6 is 0 Å². The van der Waals surface area contributed by atoms with E-state index >= 15 is 0 Å². The fraction of sp³-hybridized carbons (Fsp3) is 0.523. The van der Waals surface area contributed by atoms with E-state index in [1.165, 1.54) is 0 Å². The number of nitrogens with one attached hydrogen (secondary N) is 1. The third-order valence-corrected chi connectivity index (χ3v) is 14.5. The number of hydrogen-bond acceptors (Lipinski definition) is 10. The minimum atomic E-state index is -3.85. The molecule has 3 amide bonds. The summed E-state index contributed by atoms with van der Waals surface area (Å²) in [6, 6.07) is 16.1. The molecule has 3 N–H and O–H groups in total. The van der Waals surface area contributed by atoms with E-state index in [1.807, 2.05) is 66.7 Å². The number of nitrogens with zero attached hydrogens (tertiary/aromatic N) is 3. The number of pyridine rings is 1. The molecule has 6 atom stereocenters. The van der Waals surface area contributed by atoms with Crippen LogP contribution in [-0.2, 0) is 29.2 Å². The van der Waals surface area contributed by atoms with E-state index in [2.05, 4.69) is 4.72 Å². The predicted molar refractivity (Wildman–Crippen MR) is 218 cm³/mol. The number of methoxy groups -OCH3 is 1. The average Bonchev–Trinajstić information content (AvgIpc) is 4.11. The first-order chi connectivity index (χ1) is 27.9. The molecule has 308 valence electrons. The van der Waals surface area contributed by atoms with Crippen molar-refractivity contribution in [1.82, 2.24) is 19.5 Å².